The van der Waals surface area contributed by atoms with Crippen LogP contribution in [0.4, 0.5) is 5.69 Å². The minimum Gasteiger partial charge on any atom is -0.494 e. The summed E-state index contributed by atoms with van der Waals surface area (Å²) in [5.74, 6) is 0.812. The first-order valence-electron chi connectivity index (χ1n) is 8.71. The fourth-order valence-electron chi connectivity index (χ4n) is 2.42. The highest BCUT2D eigenvalue weighted by molar-refractivity contribution is 8.15. The third kappa shape index (κ3) is 5.23. The normalized spacial score (nSPS) is 18.2. The number of furan rings is 1. The van der Waals surface area contributed by atoms with Crippen LogP contribution in [0.15, 0.2) is 57.3 Å². The van der Waals surface area contributed by atoms with Crippen molar-refractivity contribution in [3.05, 3.63) is 48.4 Å². The van der Waals surface area contributed by atoms with Gasteiger partial charge in [-0.25, -0.2) is 0 Å². The van der Waals surface area contributed by atoms with E-state index in [0.29, 0.717) is 28.9 Å². The van der Waals surface area contributed by atoms with Gasteiger partial charge in [-0.05, 0) is 50.2 Å². The molecule has 0 aliphatic carbocycles. The van der Waals surface area contributed by atoms with Gasteiger partial charge in [-0.3, -0.25) is 9.59 Å². The van der Waals surface area contributed by atoms with E-state index in [-0.39, 0.29) is 18.2 Å². The number of anilines is 1. The highest BCUT2D eigenvalue weighted by atomic mass is 32.2. The first-order valence-corrected chi connectivity index (χ1v) is 9.59. The summed E-state index contributed by atoms with van der Waals surface area (Å²) in [5.41, 5.74) is 1.23. The molecule has 2 amide bonds. The number of carbonyl (C=O) groups excluding carboxylic acids is 2. The predicted octanol–water partition coefficient (Wildman–Crippen LogP) is 3.02. The summed E-state index contributed by atoms with van der Waals surface area (Å²) >= 11 is 1.18. The highest BCUT2D eigenvalue weighted by Gasteiger charge is 2.32. The number of carbonyl (C=O) groups is 2. The van der Waals surface area contributed by atoms with Crippen LogP contribution in [0, 0.1) is 0 Å². The molecule has 0 radical (unpaired) electrons. The maximum Gasteiger partial charge on any atom is 0.240 e. The van der Waals surface area contributed by atoms with Crippen LogP contribution in [-0.2, 0) is 9.59 Å². The Labute approximate surface area is 166 Å². The lowest BCUT2D eigenvalue weighted by Gasteiger charge is -2.08. The van der Waals surface area contributed by atoms with E-state index in [9.17, 15) is 9.59 Å². The zero-order valence-corrected chi connectivity index (χ0v) is 16.3. The molecule has 2 aromatic rings. The van der Waals surface area contributed by atoms with Crippen molar-refractivity contribution >= 4 is 40.1 Å². The highest BCUT2D eigenvalue weighted by Crippen LogP contribution is 2.23. The van der Waals surface area contributed by atoms with E-state index in [0.717, 1.165) is 5.75 Å². The lowest BCUT2D eigenvalue weighted by Crippen LogP contribution is -2.28. The van der Waals surface area contributed by atoms with Gasteiger partial charge in [0, 0.05) is 12.1 Å². The summed E-state index contributed by atoms with van der Waals surface area (Å²) in [6.45, 7) is 4.24. The van der Waals surface area contributed by atoms with E-state index < -0.39 is 5.25 Å². The fraction of sp³-hybridized carbons (Fsp3) is 0.263. The topological polar surface area (TPSA) is 105 Å². The first-order chi connectivity index (χ1) is 13.5. The van der Waals surface area contributed by atoms with Crippen LogP contribution in [0.25, 0.3) is 0 Å². The first kappa shape index (κ1) is 19.7. The molecule has 1 atom stereocenters. The SMILES string of the molecule is CCOc1ccc(NC(=O)C[C@H]2S/C(=N/N=C(/C)c3ccco3)NC2=O)cc1. The number of nitrogens with zero attached hydrogens (tertiary/aromatic N) is 2. The molecular weight excluding hydrogens is 380 g/mol. The number of hydrogen-bond donors (Lipinski definition) is 2. The van der Waals surface area contributed by atoms with Crippen molar-refractivity contribution in [2.24, 2.45) is 10.2 Å². The number of amides is 2. The molecule has 0 bridgehead atoms. The van der Waals surface area contributed by atoms with Gasteiger partial charge in [-0.2, -0.15) is 0 Å². The third-order valence-corrected chi connectivity index (χ3v) is 4.84. The van der Waals surface area contributed by atoms with Gasteiger partial charge in [-0.1, -0.05) is 11.8 Å². The molecule has 1 aliphatic rings. The Kier molecular flexibility index (Phi) is 6.49. The Balaban J connectivity index is 1.54. The lowest BCUT2D eigenvalue weighted by molar-refractivity contribution is -0.122. The summed E-state index contributed by atoms with van der Waals surface area (Å²) in [6.07, 6.45) is 1.58. The van der Waals surface area contributed by atoms with Crippen molar-refractivity contribution in [1.82, 2.24) is 5.32 Å². The van der Waals surface area contributed by atoms with Crippen molar-refractivity contribution in [2.75, 3.05) is 11.9 Å². The van der Waals surface area contributed by atoms with Crippen LogP contribution >= 0.6 is 11.8 Å². The van der Waals surface area contributed by atoms with Crippen LogP contribution in [0.2, 0.25) is 0 Å². The van der Waals surface area contributed by atoms with E-state index in [4.69, 9.17) is 9.15 Å². The monoisotopic (exact) mass is 400 g/mol. The second-order valence-corrected chi connectivity index (χ2v) is 7.06. The Morgan fingerprint density at radius 3 is 2.79 bits per heavy atom. The number of ether oxygens (including phenoxy) is 1. The number of amidine groups is 1. The number of benzene rings is 1. The lowest BCUT2D eigenvalue weighted by atomic mass is 10.2. The van der Waals surface area contributed by atoms with E-state index in [1.54, 1.807) is 49.6 Å². The maximum atomic E-state index is 12.2. The predicted molar refractivity (Wildman–Crippen MR) is 109 cm³/mol. The average Bonchev–Trinajstić information content (AvgIpc) is 3.32. The molecule has 0 unspecified atom stereocenters. The van der Waals surface area contributed by atoms with Crippen molar-refractivity contribution in [1.29, 1.82) is 0 Å². The Morgan fingerprint density at radius 1 is 1.32 bits per heavy atom. The Bertz CT molecular complexity index is 891. The summed E-state index contributed by atoms with van der Waals surface area (Å²) < 4.78 is 10.6. The molecule has 1 saturated heterocycles. The van der Waals surface area contributed by atoms with Crippen molar-refractivity contribution in [2.45, 2.75) is 25.5 Å². The number of rotatable bonds is 7. The minimum absolute atomic E-state index is 0.0314. The molecule has 0 spiro atoms. The van der Waals surface area contributed by atoms with E-state index in [1.807, 2.05) is 6.92 Å². The van der Waals surface area contributed by atoms with Crippen LogP contribution in [0.1, 0.15) is 26.0 Å². The summed E-state index contributed by atoms with van der Waals surface area (Å²) in [7, 11) is 0. The fourth-order valence-corrected chi connectivity index (χ4v) is 3.34. The van der Waals surface area contributed by atoms with Gasteiger partial charge in [0.15, 0.2) is 5.17 Å². The molecule has 9 heteroatoms. The third-order valence-electron chi connectivity index (χ3n) is 3.76. The van der Waals surface area contributed by atoms with Crippen LogP contribution in [0.5, 0.6) is 5.75 Å². The Morgan fingerprint density at radius 2 is 2.11 bits per heavy atom. The van der Waals surface area contributed by atoms with Crippen molar-refractivity contribution in [3.8, 4) is 5.75 Å². The van der Waals surface area contributed by atoms with Gasteiger partial charge in [0.1, 0.15) is 22.5 Å². The molecular formula is C19H20N4O4S. The summed E-state index contributed by atoms with van der Waals surface area (Å²) in [5, 5.41) is 13.3. The molecule has 3 rings (SSSR count). The van der Waals surface area contributed by atoms with E-state index in [2.05, 4.69) is 20.8 Å². The summed E-state index contributed by atoms with van der Waals surface area (Å²) in [4.78, 5) is 24.3. The standard InChI is InChI=1S/C19H20N4O4S/c1-3-26-14-8-6-13(7-9-14)20-17(24)11-16-18(25)21-19(28-16)23-22-12(2)15-5-4-10-27-15/h4-10,16H,3,11H2,1-2H3,(H,20,24)(H,21,23,25)/b22-12-/t16-/m1/s1. The zero-order valence-electron chi connectivity index (χ0n) is 15.5. The van der Waals surface area contributed by atoms with Gasteiger partial charge >= 0.3 is 0 Å². The van der Waals surface area contributed by atoms with Gasteiger partial charge in [0.05, 0.1) is 12.9 Å². The summed E-state index contributed by atoms with van der Waals surface area (Å²) in [6, 6.07) is 10.6. The molecule has 0 saturated carbocycles. The zero-order chi connectivity index (χ0) is 19.9. The molecule has 2 N–H and O–H groups in total. The van der Waals surface area contributed by atoms with Crippen LogP contribution in [-0.4, -0.2) is 34.6 Å². The average molecular weight is 400 g/mol. The van der Waals surface area contributed by atoms with Gasteiger partial charge in [-0.15, -0.1) is 10.2 Å². The van der Waals surface area contributed by atoms with Gasteiger partial charge in [0.25, 0.3) is 0 Å². The smallest absolute Gasteiger partial charge is 0.240 e. The maximum absolute atomic E-state index is 12.2. The Hall–Kier alpha value is -3.07. The largest absolute Gasteiger partial charge is 0.494 e. The minimum atomic E-state index is -0.555. The van der Waals surface area contributed by atoms with Crippen LogP contribution in [0.3, 0.4) is 0 Å². The molecule has 1 aromatic carbocycles. The van der Waals surface area contributed by atoms with E-state index in [1.165, 1.54) is 11.8 Å². The molecule has 1 aliphatic heterocycles. The van der Waals surface area contributed by atoms with Crippen molar-refractivity contribution in [3.63, 3.8) is 0 Å². The number of nitrogens with one attached hydrogen (secondary N) is 2. The second-order valence-electron chi connectivity index (χ2n) is 5.87. The van der Waals surface area contributed by atoms with Gasteiger partial charge < -0.3 is 19.8 Å². The van der Waals surface area contributed by atoms with Crippen molar-refractivity contribution < 1.29 is 18.7 Å². The van der Waals surface area contributed by atoms with E-state index >= 15 is 0 Å². The molecule has 1 fully saturated rings. The molecule has 1 aromatic heterocycles. The number of thioether (sulfide) groups is 1. The molecule has 28 heavy (non-hydrogen) atoms. The van der Waals surface area contributed by atoms with Gasteiger partial charge in [0.2, 0.25) is 11.8 Å². The van der Waals surface area contributed by atoms with Crippen LogP contribution < -0.4 is 15.4 Å². The molecule has 146 valence electrons. The quantitative estimate of drug-likeness (QED) is 0.549. The molecule has 8 nitrogen and oxygen atoms in total. The molecule has 2 heterocycles. The second kappa shape index (κ2) is 9.23. The number of hydrogen-bond acceptors (Lipinski definition) is 7.